The molecule has 1 aliphatic rings. The second-order valence-electron chi connectivity index (χ2n) is 7.11. The van der Waals surface area contributed by atoms with Gasteiger partial charge >= 0.3 is 11.9 Å². The molecule has 3 aromatic rings. The highest BCUT2D eigenvalue weighted by atomic mass is 19.1. The smallest absolute Gasteiger partial charge is 0.338 e. The molecule has 1 aromatic heterocycles. The van der Waals surface area contributed by atoms with Crippen LogP contribution < -0.4 is 10.4 Å². The summed E-state index contributed by atoms with van der Waals surface area (Å²) in [4.78, 5) is 48.1. The Hall–Kier alpha value is -4.73. The number of halogens is 1. The first kappa shape index (κ1) is 22.5. The van der Waals surface area contributed by atoms with Gasteiger partial charge in [-0.15, -0.1) is 0 Å². The summed E-state index contributed by atoms with van der Waals surface area (Å²) in [5.41, 5.74) is 2.69. The van der Waals surface area contributed by atoms with Gasteiger partial charge in [-0.1, -0.05) is 0 Å². The van der Waals surface area contributed by atoms with Crippen LogP contribution in [0.15, 0.2) is 64.6 Å². The predicted molar refractivity (Wildman–Crippen MR) is 117 cm³/mol. The van der Waals surface area contributed by atoms with E-state index in [-0.39, 0.29) is 23.7 Å². The number of carbonyl (C=O) groups is 4. The Balaban J connectivity index is 1.56. The minimum Gasteiger partial charge on any atom is -0.478 e. The Kier molecular flexibility index (Phi) is 5.96. The van der Waals surface area contributed by atoms with Crippen LogP contribution in [0.25, 0.3) is 17.4 Å². The van der Waals surface area contributed by atoms with Crippen LogP contribution in [-0.2, 0) is 14.3 Å². The third-order valence-corrected chi connectivity index (χ3v) is 4.92. The number of esters is 1. The van der Waals surface area contributed by atoms with Crippen molar-refractivity contribution in [2.24, 2.45) is 0 Å². The summed E-state index contributed by atoms with van der Waals surface area (Å²) in [6.45, 7) is 1.92. The molecule has 2 aromatic carbocycles. The van der Waals surface area contributed by atoms with Crippen molar-refractivity contribution >= 4 is 35.5 Å². The van der Waals surface area contributed by atoms with E-state index in [0.717, 1.165) is 17.1 Å². The molecule has 0 aliphatic carbocycles. The van der Waals surface area contributed by atoms with Crippen LogP contribution >= 0.6 is 0 Å². The van der Waals surface area contributed by atoms with E-state index < -0.39 is 35.1 Å². The fourth-order valence-electron chi connectivity index (χ4n) is 3.27. The van der Waals surface area contributed by atoms with E-state index in [1.165, 1.54) is 48.5 Å². The second kappa shape index (κ2) is 9.02. The van der Waals surface area contributed by atoms with E-state index in [0.29, 0.717) is 16.8 Å². The molecule has 2 amide bonds. The van der Waals surface area contributed by atoms with E-state index in [1.807, 2.05) is 0 Å². The number of hydrogen-bond donors (Lipinski definition) is 2. The number of aromatic carboxylic acids is 1. The Morgan fingerprint density at radius 1 is 1.12 bits per heavy atom. The highest BCUT2D eigenvalue weighted by Crippen LogP contribution is 2.27. The zero-order chi connectivity index (χ0) is 24.4. The molecule has 1 aliphatic heterocycles. The Labute approximate surface area is 192 Å². The van der Waals surface area contributed by atoms with E-state index in [1.54, 1.807) is 6.92 Å². The van der Waals surface area contributed by atoms with Crippen LogP contribution in [0.1, 0.15) is 33.4 Å². The fourth-order valence-corrected chi connectivity index (χ4v) is 3.27. The lowest BCUT2D eigenvalue weighted by Gasteiger charge is -2.14. The lowest BCUT2D eigenvalue weighted by atomic mass is 10.1. The van der Waals surface area contributed by atoms with Crippen molar-refractivity contribution in [2.45, 2.75) is 6.92 Å². The summed E-state index contributed by atoms with van der Waals surface area (Å²) in [7, 11) is 0. The first-order valence-corrected chi connectivity index (χ1v) is 10.1. The monoisotopic (exact) mass is 464 g/mol. The molecular weight excluding hydrogens is 447 g/mol. The van der Waals surface area contributed by atoms with Gasteiger partial charge in [0, 0.05) is 5.56 Å². The van der Waals surface area contributed by atoms with Crippen molar-refractivity contribution < 1.29 is 37.8 Å². The third-order valence-electron chi connectivity index (χ3n) is 4.92. The first-order valence-electron chi connectivity index (χ1n) is 10.1. The molecule has 0 saturated carbocycles. The zero-order valence-electron chi connectivity index (χ0n) is 17.7. The first-order chi connectivity index (χ1) is 16.3. The lowest BCUT2D eigenvalue weighted by molar-refractivity contribution is -0.117. The van der Waals surface area contributed by atoms with Gasteiger partial charge in [-0.25, -0.2) is 19.0 Å². The molecular formula is C24H17FN2O7. The number of carboxylic acids is 1. The molecule has 2 heterocycles. The van der Waals surface area contributed by atoms with Crippen molar-refractivity contribution in [1.82, 2.24) is 5.43 Å². The molecule has 0 radical (unpaired) electrons. The number of benzene rings is 2. The number of carboxylic acid groups (broad SMARTS) is 1. The molecule has 0 atom stereocenters. The summed E-state index contributed by atoms with van der Waals surface area (Å²) in [5, 5.41) is 10.1. The van der Waals surface area contributed by atoms with Gasteiger partial charge in [-0.2, -0.15) is 0 Å². The zero-order valence-corrected chi connectivity index (χ0v) is 17.7. The highest BCUT2D eigenvalue weighted by Gasteiger charge is 2.35. The van der Waals surface area contributed by atoms with Crippen molar-refractivity contribution in [3.8, 4) is 11.3 Å². The number of anilines is 1. The number of carbonyl (C=O) groups excluding carboxylic acids is 3. The van der Waals surface area contributed by atoms with E-state index in [9.17, 15) is 23.6 Å². The number of hydrazine groups is 1. The molecule has 2 N–H and O–H groups in total. The predicted octanol–water partition coefficient (Wildman–Crippen LogP) is 3.42. The summed E-state index contributed by atoms with van der Waals surface area (Å²) in [6, 6.07) is 12.4. The van der Waals surface area contributed by atoms with Gasteiger partial charge in [0.05, 0.1) is 23.4 Å². The second-order valence-corrected chi connectivity index (χ2v) is 7.11. The van der Waals surface area contributed by atoms with Crippen LogP contribution in [0.4, 0.5) is 10.1 Å². The van der Waals surface area contributed by atoms with E-state index >= 15 is 0 Å². The number of ether oxygens (including phenoxy) is 1. The maximum Gasteiger partial charge on any atom is 0.338 e. The average molecular weight is 464 g/mol. The van der Waals surface area contributed by atoms with Crippen molar-refractivity contribution in [3.63, 3.8) is 0 Å². The van der Waals surface area contributed by atoms with Crippen LogP contribution in [0, 0.1) is 5.82 Å². The molecule has 0 bridgehead atoms. The maximum absolute atomic E-state index is 13.6. The summed E-state index contributed by atoms with van der Waals surface area (Å²) >= 11 is 0. The van der Waals surface area contributed by atoms with Gasteiger partial charge in [0.25, 0.3) is 11.8 Å². The van der Waals surface area contributed by atoms with Crippen LogP contribution in [-0.4, -0.2) is 35.5 Å². The molecule has 34 heavy (non-hydrogen) atoms. The highest BCUT2D eigenvalue weighted by molar-refractivity contribution is 6.31. The Bertz CT molecular complexity index is 1340. The third kappa shape index (κ3) is 4.29. The molecule has 1 fully saturated rings. The summed E-state index contributed by atoms with van der Waals surface area (Å²) in [5.74, 6) is -3.71. The molecule has 0 unspecified atom stereocenters. The number of amides is 2. The van der Waals surface area contributed by atoms with Gasteiger partial charge in [0.2, 0.25) is 0 Å². The summed E-state index contributed by atoms with van der Waals surface area (Å²) < 4.78 is 24.2. The van der Waals surface area contributed by atoms with E-state index in [2.05, 4.69) is 5.43 Å². The standard InChI is InChI=1S/C24H17FN2O7/c1-2-33-24(32)13-3-6-15(7-4-13)27-22(29)18(21(28)26-27)12-16-8-10-20(34-16)14-5-9-19(25)17(11-14)23(30)31/h3-12H,2H2,1H3,(H,26,28)(H,30,31)/b18-12+. The SMILES string of the molecule is CCOC(=O)c1ccc(N2NC(=O)/C(=C\c3ccc(-c4ccc(F)c(C(=O)O)c4)o3)C2=O)cc1. The van der Waals surface area contributed by atoms with Gasteiger partial charge < -0.3 is 14.3 Å². The number of furan rings is 1. The van der Waals surface area contributed by atoms with Crippen molar-refractivity contribution in [3.05, 3.63) is 82.9 Å². The molecule has 4 rings (SSSR count). The van der Waals surface area contributed by atoms with Crippen molar-refractivity contribution in [2.75, 3.05) is 11.6 Å². The minimum absolute atomic E-state index is 0.161. The topological polar surface area (TPSA) is 126 Å². The van der Waals surface area contributed by atoms with Crippen molar-refractivity contribution in [1.29, 1.82) is 0 Å². The molecule has 1 saturated heterocycles. The largest absolute Gasteiger partial charge is 0.478 e. The summed E-state index contributed by atoms with van der Waals surface area (Å²) in [6.07, 6.45) is 1.25. The quantitative estimate of drug-likeness (QED) is 0.325. The van der Waals surface area contributed by atoms with Gasteiger partial charge in [-0.05, 0) is 67.6 Å². The fraction of sp³-hybridized carbons (Fsp3) is 0.0833. The number of hydrogen-bond acceptors (Lipinski definition) is 6. The lowest BCUT2D eigenvalue weighted by Crippen LogP contribution is -2.35. The normalized spacial score (nSPS) is 14.4. The maximum atomic E-state index is 13.6. The van der Waals surface area contributed by atoms with E-state index in [4.69, 9.17) is 14.3 Å². The molecule has 10 heteroatoms. The van der Waals surface area contributed by atoms with Crippen LogP contribution in [0.3, 0.4) is 0 Å². The molecule has 0 spiro atoms. The van der Waals surface area contributed by atoms with Gasteiger partial charge in [0.15, 0.2) is 0 Å². The minimum atomic E-state index is -1.42. The Morgan fingerprint density at radius 3 is 2.53 bits per heavy atom. The molecule has 9 nitrogen and oxygen atoms in total. The van der Waals surface area contributed by atoms with Gasteiger partial charge in [0.1, 0.15) is 22.9 Å². The Morgan fingerprint density at radius 2 is 1.85 bits per heavy atom. The number of nitrogens with zero attached hydrogens (tertiary/aromatic N) is 1. The number of nitrogens with one attached hydrogen (secondary N) is 1. The van der Waals surface area contributed by atoms with Gasteiger partial charge in [-0.3, -0.25) is 15.0 Å². The molecule has 172 valence electrons. The number of rotatable bonds is 6. The van der Waals surface area contributed by atoms with Crippen LogP contribution in [0.5, 0.6) is 0 Å². The van der Waals surface area contributed by atoms with Crippen LogP contribution in [0.2, 0.25) is 0 Å². The average Bonchev–Trinajstić information content (AvgIpc) is 3.40.